The minimum Gasteiger partial charge on any atom is -0.423 e. The number of nitrogens with one attached hydrogen (secondary N) is 1. The third kappa shape index (κ3) is 3.51. The number of benzene rings is 1. The summed E-state index contributed by atoms with van der Waals surface area (Å²) in [5, 5.41) is 0.622. The Morgan fingerprint density at radius 3 is 2.83 bits per heavy atom. The van der Waals surface area contributed by atoms with Crippen molar-refractivity contribution in [3.63, 3.8) is 0 Å². The number of hydrogen-bond donors (Lipinski definition) is 1. The lowest BCUT2D eigenvalue weighted by Gasteiger charge is -2.35. The van der Waals surface area contributed by atoms with Crippen molar-refractivity contribution in [2.24, 2.45) is 5.92 Å². The van der Waals surface area contributed by atoms with E-state index in [0.717, 1.165) is 49.0 Å². The maximum Gasteiger partial charge on any atom is 0.298 e. The van der Waals surface area contributed by atoms with Crippen LogP contribution < -0.4 is 10.5 Å². The molecule has 1 saturated heterocycles. The number of pyridine rings is 1. The predicted molar refractivity (Wildman–Crippen MR) is 110 cm³/mol. The first-order valence-corrected chi connectivity index (χ1v) is 10.2. The molecule has 0 saturated carbocycles. The molecule has 1 N–H and O–H groups in total. The number of fused-ring (bicyclic) bond motifs is 2. The van der Waals surface area contributed by atoms with E-state index < -0.39 is 0 Å². The van der Waals surface area contributed by atoms with Gasteiger partial charge in [0.25, 0.3) is 6.01 Å². The van der Waals surface area contributed by atoms with Crippen LogP contribution in [0.1, 0.15) is 24.0 Å². The molecule has 8 heteroatoms. The first-order chi connectivity index (χ1) is 14.1. The van der Waals surface area contributed by atoms with Crippen LogP contribution in [0.3, 0.4) is 0 Å². The van der Waals surface area contributed by atoms with E-state index >= 15 is 0 Å². The van der Waals surface area contributed by atoms with Crippen molar-refractivity contribution in [1.29, 1.82) is 0 Å². The smallest absolute Gasteiger partial charge is 0.298 e. The van der Waals surface area contributed by atoms with E-state index in [2.05, 4.69) is 14.9 Å². The highest BCUT2D eigenvalue weighted by molar-refractivity contribution is 6.31. The molecule has 2 aromatic heterocycles. The van der Waals surface area contributed by atoms with E-state index in [1.807, 2.05) is 11.0 Å². The van der Waals surface area contributed by atoms with Crippen molar-refractivity contribution in [3.8, 4) is 0 Å². The fourth-order valence-corrected chi connectivity index (χ4v) is 4.41. The normalized spacial score (nSPS) is 17.6. The largest absolute Gasteiger partial charge is 0.423 e. The number of amides is 1. The molecule has 0 unspecified atom stereocenters. The Morgan fingerprint density at radius 2 is 2.00 bits per heavy atom. The third-order valence-electron chi connectivity index (χ3n) is 5.88. The van der Waals surface area contributed by atoms with Gasteiger partial charge >= 0.3 is 0 Å². The van der Waals surface area contributed by atoms with Gasteiger partial charge in [0.15, 0.2) is 5.58 Å². The summed E-state index contributed by atoms with van der Waals surface area (Å²) in [6, 6.07) is 7.65. The van der Waals surface area contributed by atoms with Crippen molar-refractivity contribution in [1.82, 2.24) is 14.9 Å². The molecule has 2 aliphatic heterocycles. The molecule has 0 radical (unpaired) electrons. The van der Waals surface area contributed by atoms with Gasteiger partial charge in [-0.25, -0.2) is 0 Å². The molecule has 1 amide bonds. The number of carbonyl (C=O) groups excluding carboxylic acids is 1. The number of oxazole rings is 1. The molecule has 3 aromatic rings. The lowest BCUT2D eigenvalue weighted by molar-refractivity contribution is -0.137. The first kappa shape index (κ1) is 18.2. The van der Waals surface area contributed by atoms with Gasteiger partial charge in [0.1, 0.15) is 5.52 Å². The van der Waals surface area contributed by atoms with Crippen molar-refractivity contribution < 1.29 is 9.21 Å². The zero-order valence-corrected chi connectivity index (χ0v) is 16.6. The second kappa shape index (κ2) is 7.22. The molecule has 7 nitrogen and oxygen atoms in total. The summed E-state index contributed by atoms with van der Waals surface area (Å²) in [7, 11) is 0. The lowest BCUT2D eigenvalue weighted by atomic mass is 9.93. The van der Waals surface area contributed by atoms with Gasteiger partial charge in [-0.15, -0.1) is 0 Å². The second-order valence-electron chi connectivity index (χ2n) is 7.73. The number of halogens is 1. The Morgan fingerprint density at radius 1 is 1.17 bits per heavy atom. The van der Waals surface area contributed by atoms with Gasteiger partial charge in [0.2, 0.25) is 11.5 Å². The molecule has 0 bridgehead atoms. The standard InChI is InChI=1S/C21H21ClN4O3/c22-16-1-2-17-18(10-16)29-21(24-17)25-6-3-13(4-7-25)20(28)26-8-5-14-9-19(27)23-11-15(14)12-26/h1-2,9-11,13H,3-8,12H2,(H,23,27). The van der Waals surface area contributed by atoms with Gasteiger partial charge in [-0.1, -0.05) is 11.6 Å². The number of hydrogen-bond acceptors (Lipinski definition) is 5. The van der Waals surface area contributed by atoms with Crippen LogP contribution in [0.5, 0.6) is 0 Å². The Balaban J connectivity index is 1.23. The summed E-state index contributed by atoms with van der Waals surface area (Å²) in [4.78, 5) is 35.8. The van der Waals surface area contributed by atoms with E-state index in [9.17, 15) is 9.59 Å². The monoisotopic (exact) mass is 412 g/mol. The molecule has 1 fully saturated rings. The number of rotatable bonds is 2. The number of aromatic amines is 1. The number of aromatic nitrogens is 2. The molecule has 1 aromatic carbocycles. The number of anilines is 1. The van der Waals surface area contributed by atoms with Gasteiger partial charge in [0, 0.05) is 55.4 Å². The van der Waals surface area contributed by atoms with Crippen molar-refractivity contribution in [2.45, 2.75) is 25.8 Å². The summed E-state index contributed by atoms with van der Waals surface area (Å²) in [6.45, 7) is 2.70. The zero-order chi connectivity index (χ0) is 20.0. The number of H-pyrrole nitrogens is 1. The van der Waals surface area contributed by atoms with Crippen LogP contribution >= 0.6 is 11.6 Å². The molecule has 29 heavy (non-hydrogen) atoms. The first-order valence-electron chi connectivity index (χ1n) is 9.87. The minimum atomic E-state index is -0.0858. The lowest BCUT2D eigenvalue weighted by Crippen LogP contribution is -2.44. The fourth-order valence-electron chi connectivity index (χ4n) is 4.25. The summed E-state index contributed by atoms with van der Waals surface area (Å²) < 4.78 is 5.86. The topological polar surface area (TPSA) is 82.4 Å². The second-order valence-corrected chi connectivity index (χ2v) is 8.16. The number of carbonyl (C=O) groups is 1. The van der Waals surface area contributed by atoms with Crippen LogP contribution in [0.25, 0.3) is 11.1 Å². The average Bonchev–Trinajstić information content (AvgIpc) is 3.16. The van der Waals surface area contributed by atoms with Crippen molar-refractivity contribution in [2.75, 3.05) is 24.5 Å². The molecule has 2 aliphatic rings. The van der Waals surface area contributed by atoms with Crippen LogP contribution in [0.15, 0.2) is 39.7 Å². The van der Waals surface area contributed by atoms with Gasteiger partial charge in [-0.3, -0.25) is 9.59 Å². The highest BCUT2D eigenvalue weighted by atomic mass is 35.5. The SMILES string of the molecule is O=C(C1CCN(c2nc3ccc(Cl)cc3o2)CC1)N1CCc2cc(=O)[nH]cc2C1. The quantitative estimate of drug-likeness (QED) is 0.699. The van der Waals surface area contributed by atoms with Crippen LogP contribution in [0.4, 0.5) is 6.01 Å². The summed E-state index contributed by atoms with van der Waals surface area (Å²) in [6.07, 6.45) is 4.01. The van der Waals surface area contributed by atoms with Gasteiger partial charge < -0.3 is 19.2 Å². The Hall–Kier alpha value is -2.80. The number of nitrogens with zero attached hydrogens (tertiary/aromatic N) is 3. The summed E-state index contributed by atoms with van der Waals surface area (Å²) in [5.74, 6) is 0.209. The number of piperidine rings is 1. The Bertz CT molecular complexity index is 1130. The van der Waals surface area contributed by atoms with E-state index in [4.69, 9.17) is 16.0 Å². The Labute approximate surface area is 172 Å². The van der Waals surface area contributed by atoms with E-state index in [0.29, 0.717) is 29.7 Å². The summed E-state index contributed by atoms with van der Waals surface area (Å²) in [5.41, 5.74) is 3.45. The maximum atomic E-state index is 13.0. The highest BCUT2D eigenvalue weighted by Gasteiger charge is 2.31. The molecule has 5 rings (SSSR count). The summed E-state index contributed by atoms with van der Waals surface area (Å²) >= 11 is 6.02. The Kier molecular flexibility index (Phi) is 4.54. The molecule has 0 spiro atoms. The molecule has 0 atom stereocenters. The van der Waals surface area contributed by atoms with Crippen LogP contribution in [0, 0.1) is 5.92 Å². The van der Waals surface area contributed by atoms with Crippen LogP contribution in [-0.4, -0.2) is 40.4 Å². The van der Waals surface area contributed by atoms with Crippen molar-refractivity contribution in [3.05, 3.63) is 57.0 Å². The zero-order valence-electron chi connectivity index (χ0n) is 15.9. The van der Waals surface area contributed by atoms with Gasteiger partial charge in [-0.05, 0) is 42.5 Å². The maximum absolute atomic E-state index is 13.0. The van der Waals surface area contributed by atoms with E-state index in [1.165, 1.54) is 0 Å². The fraction of sp³-hybridized carbons (Fsp3) is 0.381. The third-order valence-corrected chi connectivity index (χ3v) is 6.12. The minimum absolute atomic E-state index is 0.00869. The highest BCUT2D eigenvalue weighted by Crippen LogP contribution is 2.29. The van der Waals surface area contributed by atoms with Crippen LogP contribution in [0.2, 0.25) is 5.02 Å². The molecular weight excluding hydrogens is 392 g/mol. The predicted octanol–water partition coefficient (Wildman–Crippen LogP) is 2.97. The van der Waals surface area contributed by atoms with Gasteiger partial charge in [-0.2, -0.15) is 4.98 Å². The van der Waals surface area contributed by atoms with E-state index in [1.54, 1.807) is 24.4 Å². The van der Waals surface area contributed by atoms with Gasteiger partial charge in [0.05, 0.1) is 0 Å². The molecule has 150 valence electrons. The molecule has 4 heterocycles. The average molecular weight is 413 g/mol. The molecular formula is C21H21ClN4O3. The van der Waals surface area contributed by atoms with E-state index in [-0.39, 0.29) is 17.4 Å². The van der Waals surface area contributed by atoms with Crippen molar-refractivity contribution >= 4 is 34.6 Å². The van der Waals surface area contributed by atoms with Crippen LogP contribution in [-0.2, 0) is 17.8 Å². The molecule has 0 aliphatic carbocycles.